The predicted molar refractivity (Wildman–Crippen MR) is 85.8 cm³/mol. The van der Waals surface area contributed by atoms with Gasteiger partial charge in [0.15, 0.2) is 0 Å². The molecule has 2 rings (SSSR count). The van der Waals surface area contributed by atoms with Crippen molar-refractivity contribution in [3.8, 4) is 0 Å². The van der Waals surface area contributed by atoms with E-state index in [0.29, 0.717) is 5.69 Å². The lowest BCUT2D eigenvalue weighted by molar-refractivity contribution is -0.143. The zero-order valence-electron chi connectivity index (χ0n) is 14.6. The molecule has 1 aliphatic rings. The van der Waals surface area contributed by atoms with Gasteiger partial charge in [-0.3, -0.25) is 4.90 Å². The molecule has 1 N–H and O–H groups in total. The number of aromatic nitrogens is 1. The second kappa shape index (κ2) is 7.00. The van der Waals surface area contributed by atoms with Crippen LogP contribution in [0.3, 0.4) is 0 Å². The number of nitrogens with zero attached hydrogens (tertiary/aromatic N) is 3. The smallest absolute Gasteiger partial charge is 0.433 e. The molecule has 144 valence electrons. The molecule has 0 spiro atoms. The van der Waals surface area contributed by atoms with Crippen LogP contribution in [0.2, 0.25) is 0 Å². The fourth-order valence-electron chi connectivity index (χ4n) is 2.51. The highest BCUT2D eigenvalue weighted by atomic mass is 19.4. The maximum absolute atomic E-state index is 12.6. The molecule has 1 atom stereocenters. The van der Waals surface area contributed by atoms with Crippen LogP contribution in [0.4, 0.5) is 23.7 Å². The van der Waals surface area contributed by atoms with Gasteiger partial charge >= 0.3 is 18.2 Å². The predicted octanol–water partition coefficient (Wildman–Crippen LogP) is 2.61. The molecule has 0 aromatic carbocycles. The average molecular weight is 375 g/mol. The molecule has 0 aliphatic carbocycles. The number of hydrogen-bond donors (Lipinski definition) is 1. The molecule has 1 aliphatic heterocycles. The van der Waals surface area contributed by atoms with Crippen LogP contribution in [0.1, 0.15) is 26.5 Å². The molecule has 1 amide bonds. The molecule has 1 unspecified atom stereocenters. The first kappa shape index (κ1) is 19.8. The van der Waals surface area contributed by atoms with Gasteiger partial charge in [0.1, 0.15) is 17.3 Å². The minimum absolute atomic E-state index is 0.0624. The second-order valence-electron chi connectivity index (χ2n) is 6.87. The Bertz CT molecular complexity index is 671. The molecule has 1 fully saturated rings. The number of piperazine rings is 1. The van der Waals surface area contributed by atoms with Crippen LogP contribution >= 0.6 is 0 Å². The van der Waals surface area contributed by atoms with Gasteiger partial charge in [-0.25, -0.2) is 14.6 Å². The van der Waals surface area contributed by atoms with Crippen molar-refractivity contribution in [1.82, 2.24) is 9.88 Å². The van der Waals surface area contributed by atoms with Crippen molar-refractivity contribution in [3.63, 3.8) is 0 Å². The molecule has 1 saturated heterocycles. The van der Waals surface area contributed by atoms with Crippen molar-refractivity contribution in [3.05, 3.63) is 24.0 Å². The van der Waals surface area contributed by atoms with Crippen molar-refractivity contribution in [2.75, 3.05) is 24.5 Å². The number of anilines is 1. The van der Waals surface area contributed by atoms with Gasteiger partial charge in [-0.15, -0.1) is 0 Å². The van der Waals surface area contributed by atoms with E-state index in [1.165, 1.54) is 6.07 Å². The third-order valence-corrected chi connectivity index (χ3v) is 3.70. The summed E-state index contributed by atoms with van der Waals surface area (Å²) in [5.41, 5.74) is -1.44. The molecule has 0 saturated carbocycles. The molecule has 26 heavy (non-hydrogen) atoms. The van der Waals surface area contributed by atoms with E-state index >= 15 is 0 Å². The lowest BCUT2D eigenvalue weighted by Gasteiger charge is -2.40. The van der Waals surface area contributed by atoms with Crippen LogP contribution < -0.4 is 4.90 Å². The lowest BCUT2D eigenvalue weighted by Crippen LogP contribution is -2.59. The Morgan fingerprint density at radius 3 is 2.35 bits per heavy atom. The molecule has 10 heteroatoms. The minimum Gasteiger partial charge on any atom is -0.480 e. The fourth-order valence-corrected chi connectivity index (χ4v) is 2.51. The summed E-state index contributed by atoms with van der Waals surface area (Å²) in [4.78, 5) is 29.8. The van der Waals surface area contributed by atoms with E-state index in [4.69, 9.17) is 4.74 Å². The van der Waals surface area contributed by atoms with Gasteiger partial charge < -0.3 is 14.7 Å². The fraction of sp³-hybridized carbons (Fsp3) is 0.562. The van der Waals surface area contributed by atoms with Gasteiger partial charge in [0.05, 0.1) is 11.9 Å². The highest BCUT2D eigenvalue weighted by Gasteiger charge is 2.38. The Labute approximate surface area is 148 Å². The summed E-state index contributed by atoms with van der Waals surface area (Å²) in [7, 11) is 0. The Morgan fingerprint density at radius 1 is 1.23 bits per heavy atom. The number of carboxylic acids is 1. The Kier molecular flexibility index (Phi) is 5.33. The number of pyridine rings is 1. The van der Waals surface area contributed by atoms with Gasteiger partial charge in [-0.2, -0.15) is 13.2 Å². The van der Waals surface area contributed by atoms with E-state index in [9.17, 15) is 27.9 Å². The van der Waals surface area contributed by atoms with E-state index < -0.39 is 35.6 Å². The number of halogens is 3. The molecule has 1 aromatic heterocycles. The monoisotopic (exact) mass is 375 g/mol. The van der Waals surface area contributed by atoms with Gasteiger partial charge in [-0.1, -0.05) is 0 Å². The molecule has 0 radical (unpaired) electrons. The van der Waals surface area contributed by atoms with E-state index in [0.717, 1.165) is 17.2 Å². The van der Waals surface area contributed by atoms with Crippen molar-refractivity contribution in [1.29, 1.82) is 0 Å². The highest BCUT2D eigenvalue weighted by molar-refractivity contribution is 5.81. The topological polar surface area (TPSA) is 83.0 Å². The van der Waals surface area contributed by atoms with E-state index in [1.807, 2.05) is 0 Å². The van der Waals surface area contributed by atoms with Crippen molar-refractivity contribution in [2.45, 2.75) is 38.6 Å². The van der Waals surface area contributed by atoms with Crippen LogP contribution in [0, 0.1) is 0 Å². The molecule has 0 bridgehead atoms. The quantitative estimate of drug-likeness (QED) is 0.856. The lowest BCUT2D eigenvalue weighted by atomic mass is 10.1. The van der Waals surface area contributed by atoms with Crippen LogP contribution in [0.5, 0.6) is 0 Å². The van der Waals surface area contributed by atoms with E-state index in [2.05, 4.69) is 4.98 Å². The summed E-state index contributed by atoms with van der Waals surface area (Å²) in [6.07, 6.45) is -4.24. The van der Waals surface area contributed by atoms with Gasteiger partial charge in [0.2, 0.25) is 0 Å². The van der Waals surface area contributed by atoms with Gasteiger partial charge in [0.25, 0.3) is 0 Å². The third kappa shape index (κ3) is 4.77. The average Bonchev–Trinajstić information content (AvgIpc) is 2.52. The van der Waals surface area contributed by atoms with Crippen molar-refractivity contribution >= 4 is 17.7 Å². The molecular formula is C16H20F3N3O4. The summed E-state index contributed by atoms with van der Waals surface area (Å²) in [6, 6.07) is 0.893. The maximum Gasteiger partial charge on any atom is 0.433 e. The number of aliphatic carboxylic acids is 1. The SMILES string of the molecule is CC(C)(C)OC(=O)N1CCN(c2ccc(C(F)(F)F)nc2)CC1C(=O)O. The Balaban J connectivity index is 2.14. The number of carbonyl (C=O) groups is 2. The van der Waals surface area contributed by atoms with E-state index in [1.54, 1.807) is 25.7 Å². The maximum atomic E-state index is 12.6. The van der Waals surface area contributed by atoms with Crippen LogP contribution in [0.25, 0.3) is 0 Å². The number of alkyl halides is 3. The Morgan fingerprint density at radius 2 is 1.88 bits per heavy atom. The standard InChI is InChI=1S/C16H20F3N3O4/c1-15(2,3)26-14(25)22-7-6-21(9-11(22)13(23)24)10-4-5-12(20-8-10)16(17,18)19/h4-5,8,11H,6-7,9H2,1-3H3,(H,23,24). The summed E-state index contributed by atoms with van der Waals surface area (Å²) >= 11 is 0. The first-order valence-electron chi connectivity index (χ1n) is 7.89. The third-order valence-electron chi connectivity index (χ3n) is 3.70. The van der Waals surface area contributed by atoms with Crippen LogP contribution in [-0.2, 0) is 15.7 Å². The zero-order valence-corrected chi connectivity index (χ0v) is 14.6. The number of rotatable bonds is 2. The normalized spacial score (nSPS) is 18.6. The molecular weight excluding hydrogens is 355 g/mol. The summed E-state index contributed by atoms with van der Waals surface area (Å²) in [5, 5.41) is 9.43. The number of carbonyl (C=O) groups excluding carboxylic acids is 1. The number of ether oxygens (including phenoxy) is 1. The summed E-state index contributed by atoms with van der Waals surface area (Å²) in [5.74, 6) is -1.22. The van der Waals surface area contributed by atoms with E-state index in [-0.39, 0.29) is 19.6 Å². The van der Waals surface area contributed by atoms with Crippen LogP contribution in [0.15, 0.2) is 18.3 Å². The second-order valence-corrected chi connectivity index (χ2v) is 6.87. The zero-order chi connectivity index (χ0) is 19.7. The molecule has 2 heterocycles. The number of amides is 1. The van der Waals surface area contributed by atoms with Crippen molar-refractivity contribution < 1.29 is 32.6 Å². The van der Waals surface area contributed by atoms with Gasteiger partial charge in [0, 0.05) is 19.6 Å². The summed E-state index contributed by atoms with van der Waals surface area (Å²) < 4.78 is 43.0. The summed E-state index contributed by atoms with van der Waals surface area (Å²) in [6.45, 7) is 5.24. The van der Waals surface area contributed by atoms with Crippen LogP contribution in [-0.4, -0.2) is 58.3 Å². The largest absolute Gasteiger partial charge is 0.480 e. The highest BCUT2D eigenvalue weighted by Crippen LogP contribution is 2.29. The molecule has 1 aromatic rings. The van der Waals surface area contributed by atoms with Gasteiger partial charge in [-0.05, 0) is 32.9 Å². The minimum atomic E-state index is -4.54. The first-order valence-corrected chi connectivity index (χ1v) is 7.89. The molecule has 7 nitrogen and oxygen atoms in total. The van der Waals surface area contributed by atoms with Crippen molar-refractivity contribution in [2.24, 2.45) is 0 Å². The number of carboxylic acid groups (broad SMARTS) is 1. The Hall–Kier alpha value is -2.52. The first-order chi connectivity index (χ1) is 11.9. The number of hydrogen-bond acceptors (Lipinski definition) is 5.